The van der Waals surface area contributed by atoms with Gasteiger partial charge in [0.2, 0.25) is 0 Å². The number of benzene rings is 1. The summed E-state index contributed by atoms with van der Waals surface area (Å²) in [6.45, 7) is 0. The minimum Gasteiger partial charge on any atom is -0.271 e. The van der Waals surface area contributed by atoms with Crippen LogP contribution in [-0.2, 0) is 0 Å². The highest BCUT2D eigenvalue weighted by Gasteiger charge is 2.21. The fraction of sp³-hybridized carbons (Fsp3) is 0.571. The number of nitrogens with one attached hydrogen (secondary N) is 1. The number of nitrogens with two attached hydrogens (primary N) is 1. The van der Waals surface area contributed by atoms with Gasteiger partial charge in [-0.15, -0.1) is 0 Å². The molecule has 0 saturated heterocycles. The molecule has 18 heavy (non-hydrogen) atoms. The molecule has 0 spiro atoms. The second kappa shape index (κ2) is 6.76. The lowest BCUT2D eigenvalue weighted by Crippen LogP contribution is -2.30. The van der Waals surface area contributed by atoms with Crippen molar-refractivity contribution in [3.8, 4) is 0 Å². The normalized spacial score (nSPS) is 18.8. The fourth-order valence-electron chi connectivity index (χ4n) is 2.83. The van der Waals surface area contributed by atoms with Gasteiger partial charge in [0.05, 0.1) is 0 Å². The summed E-state index contributed by atoms with van der Waals surface area (Å²) in [6.07, 6.45) is 7.73. The van der Waals surface area contributed by atoms with Gasteiger partial charge in [-0.3, -0.25) is 11.3 Å². The lowest BCUT2D eigenvalue weighted by Gasteiger charge is -2.27. The Morgan fingerprint density at radius 2 is 1.94 bits per heavy atom. The van der Waals surface area contributed by atoms with E-state index in [1.165, 1.54) is 32.1 Å². The van der Waals surface area contributed by atoms with Crippen molar-refractivity contribution in [3.63, 3.8) is 0 Å². The Morgan fingerprint density at radius 1 is 1.22 bits per heavy atom. The molecule has 0 aliphatic heterocycles. The minimum atomic E-state index is 0.123. The molecule has 1 unspecified atom stereocenters. The molecule has 0 heterocycles. The van der Waals surface area contributed by atoms with Gasteiger partial charge < -0.3 is 0 Å². The van der Waals surface area contributed by atoms with E-state index < -0.39 is 0 Å². The summed E-state index contributed by atoms with van der Waals surface area (Å²) in [5.74, 6) is 6.44. The Kier molecular flexibility index (Phi) is 5.31. The quantitative estimate of drug-likeness (QED) is 0.633. The van der Waals surface area contributed by atoms with Gasteiger partial charge in [0.1, 0.15) is 0 Å². The van der Waals surface area contributed by atoms with Crippen molar-refractivity contribution in [2.45, 2.75) is 44.6 Å². The molecule has 1 aliphatic carbocycles. The number of halogens is 2. The van der Waals surface area contributed by atoms with E-state index in [1.807, 2.05) is 12.1 Å². The molecule has 0 aromatic heterocycles. The van der Waals surface area contributed by atoms with E-state index >= 15 is 0 Å². The van der Waals surface area contributed by atoms with Crippen LogP contribution in [0, 0.1) is 5.92 Å². The summed E-state index contributed by atoms with van der Waals surface area (Å²) in [7, 11) is 0. The van der Waals surface area contributed by atoms with Gasteiger partial charge >= 0.3 is 0 Å². The first-order valence-electron chi connectivity index (χ1n) is 6.62. The maximum Gasteiger partial charge on any atom is 0.0477 e. The van der Waals surface area contributed by atoms with Crippen molar-refractivity contribution in [1.82, 2.24) is 5.43 Å². The molecule has 0 bridgehead atoms. The van der Waals surface area contributed by atoms with Crippen LogP contribution in [0.1, 0.15) is 50.1 Å². The van der Waals surface area contributed by atoms with E-state index in [1.54, 1.807) is 6.07 Å². The third-order valence-electron chi connectivity index (χ3n) is 3.83. The Balaban J connectivity index is 2.07. The molecular weight excluding hydrogens is 267 g/mol. The number of hydrogen-bond acceptors (Lipinski definition) is 2. The topological polar surface area (TPSA) is 38.0 Å². The summed E-state index contributed by atoms with van der Waals surface area (Å²) in [6, 6.07) is 5.74. The molecule has 1 aliphatic rings. The highest BCUT2D eigenvalue weighted by molar-refractivity contribution is 6.35. The molecule has 4 heteroatoms. The molecular formula is C14H20Cl2N2. The van der Waals surface area contributed by atoms with Crippen LogP contribution in [0.5, 0.6) is 0 Å². The maximum atomic E-state index is 6.24. The second-order valence-electron chi connectivity index (χ2n) is 5.12. The highest BCUT2D eigenvalue weighted by Crippen LogP contribution is 2.34. The van der Waals surface area contributed by atoms with Gasteiger partial charge in [0, 0.05) is 16.1 Å². The third-order valence-corrected chi connectivity index (χ3v) is 4.40. The minimum absolute atomic E-state index is 0.123. The van der Waals surface area contributed by atoms with E-state index in [-0.39, 0.29) is 6.04 Å². The SMILES string of the molecule is NNC(CC1CCCCC1)c1ccc(Cl)cc1Cl. The van der Waals surface area contributed by atoms with Crippen LogP contribution in [0.2, 0.25) is 10.0 Å². The molecule has 3 N–H and O–H groups in total. The molecule has 0 amide bonds. The standard InChI is InChI=1S/C14H20Cl2N2/c15-11-6-7-12(13(16)9-11)14(18-17)8-10-4-2-1-3-5-10/h6-7,9-10,14,18H,1-5,8,17H2. The van der Waals surface area contributed by atoms with Gasteiger partial charge in [0.15, 0.2) is 0 Å². The maximum absolute atomic E-state index is 6.24. The van der Waals surface area contributed by atoms with Gasteiger partial charge in [-0.1, -0.05) is 61.4 Å². The van der Waals surface area contributed by atoms with Gasteiger partial charge in [-0.05, 0) is 30.0 Å². The second-order valence-corrected chi connectivity index (χ2v) is 5.97. The monoisotopic (exact) mass is 286 g/mol. The van der Waals surface area contributed by atoms with Crippen molar-refractivity contribution in [1.29, 1.82) is 0 Å². The Hall–Kier alpha value is -0.280. The van der Waals surface area contributed by atoms with Crippen molar-refractivity contribution in [2.75, 3.05) is 0 Å². The zero-order valence-electron chi connectivity index (χ0n) is 10.5. The van der Waals surface area contributed by atoms with E-state index in [9.17, 15) is 0 Å². The zero-order valence-corrected chi connectivity index (χ0v) is 12.0. The number of rotatable bonds is 4. The van der Waals surface area contributed by atoms with Crippen molar-refractivity contribution in [2.24, 2.45) is 11.8 Å². The lowest BCUT2D eigenvalue weighted by molar-refractivity contribution is 0.301. The van der Waals surface area contributed by atoms with E-state index in [4.69, 9.17) is 29.0 Å². The van der Waals surface area contributed by atoms with Crippen LogP contribution in [0.25, 0.3) is 0 Å². The van der Waals surface area contributed by atoms with Crippen LogP contribution < -0.4 is 11.3 Å². The first-order valence-corrected chi connectivity index (χ1v) is 7.37. The van der Waals surface area contributed by atoms with Crippen molar-refractivity contribution >= 4 is 23.2 Å². The van der Waals surface area contributed by atoms with E-state index in [0.29, 0.717) is 10.0 Å². The summed E-state index contributed by atoms with van der Waals surface area (Å²) in [5.41, 5.74) is 3.95. The Bertz CT molecular complexity index is 389. The molecule has 1 fully saturated rings. The third kappa shape index (κ3) is 3.61. The van der Waals surface area contributed by atoms with Crippen LogP contribution >= 0.6 is 23.2 Å². The summed E-state index contributed by atoms with van der Waals surface area (Å²) < 4.78 is 0. The summed E-state index contributed by atoms with van der Waals surface area (Å²) in [4.78, 5) is 0. The smallest absolute Gasteiger partial charge is 0.0477 e. The van der Waals surface area contributed by atoms with Crippen molar-refractivity contribution in [3.05, 3.63) is 33.8 Å². The average Bonchev–Trinajstić information content (AvgIpc) is 2.38. The van der Waals surface area contributed by atoms with E-state index in [0.717, 1.165) is 17.9 Å². The van der Waals surface area contributed by atoms with Crippen LogP contribution in [0.15, 0.2) is 18.2 Å². The fourth-order valence-corrected chi connectivity index (χ4v) is 3.37. The first-order chi connectivity index (χ1) is 8.70. The van der Waals surface area contributed by atoms with Gasteiger partial charge in [0.25, 0.3) is 0 Å². The number of hydrogen-bond donors (Lipinski definition) is 2. The van der Waals surface area contributed by atoms with Crippen LogP contribution in [0.3, 0.4) is 0 Å². The summed E-state index contributed by atoms with van der Waals surface area (Å²) in [5, 5.41) is 1.36. The molecule has 2 nitrogen and oxygen atoms in total. The first kappa shape index (κ1) is 14.1. The lowest BCUT2D eigenvalue weighted by atomic mass is 9.83. The predicted octanol–water partition coefficient (Wildman–Crippen LogP) is 4.47. The van der Waals surface area contributed by atoms with E-state index in [2.05, 4.69) is 5.43 Å². The molecule has 2 rings (SSSR count). The molecule has 1 atom stereocenters. The Morgan fingerprint density at radius 3 is 2.56 bits per heavy atom. The predicted molar refractivity (Wildman–Crippen MR) is 77.7 cm³/mol. The molecule has 1 aromatic carbocycles. The van der Waals surface area contributed by atoms with Gasteiger partial charge in [-0.25, -0.2) is 0 Å². The van der Waals surface area contributed by atoms with Crippen molar-refractivity contribution < 1.29 is 0 Å². The molecule has 1 aromatic rings. The molecule has 0 radical (unpaired) electrons. The van der Waals surface area contributed by atoms with Crippen LogP contribution in [0.4, 0.5) is 0 Å². The zero-order chi connectivity index (χ0) is 13.0. The highest BCUT2D eigenvalue weighted by atomic mass is 35.5. The van der Waals surface area contributed by atoms with Crippen LogP contribution in [-0.4, -0.2) is 0 Å². The average molecular weight is 287 g/mol. The molecule has 100 valence electrons. The molecule has 1 saturated carbocycles. The number of hydrazine groups is 1. The Labute approximate surface area is 119 Å². The van der Waals surface area contributed by atoms with Gasteiger partial charge in [-0.2, -0.15) is 0 Å². The summed E-state index contributed by atoms with van der Waals surface area (Å²) >= 11 is 12.2. The largest absolute Gasteiger partial charge is 0.271 e.